The van der Waals surface area contributed by atoms with E-state index in [2.05, 4.69) is 26.6 Å². The normalized spacial score (nSPS) is 11.3. The molecule has 0 bridgehead atoms. The standard InChI is InChI=1S/C13H18BrClN2O2/c1-5-19-11-9(14)6-8(15)7-10(11)17-12(18)13(2,3)16-4/h6-7,16H,5H2,1-4H3,(H,17,18). The van der Waals surface area contributed by atoms with Crippen LogP contribution in [0.3, 0.4) is 0 Å². The summed E-state index contributed by atoms with van der Waals surface area (Å²) in [6.45, 7) is 5.97. The molecule has 0 unspecified atom stereocenters. The van der Waals surface area contributed by atoms with Crippen molar-refractivity contribution in [1.82, 2.24) is 5.32 Å². The van der Waals surface area contributed by atoms with E-state index >= 15 is 0 Å². The maximum atomic E-state index is 12.2. The lowest BCUT2D eigenvalue weighted by molar-refractivity contribution is -0.121. The second-order valence-corrected chi connectivity index (χ2v) is 5.82. The predicted octanol–water partition coefficient (Wildman–Crippen LogP) is 3.44. The van der Waals surface area contributed by atoms with Crippen molar-refractivity contribution in [2.24, 2.45) is 0 Å². The summed E-state index contributed by atoms with van der Waals surface area (Å²) in [4.78, 5) is 12.2. The number of amides is 1. The van der Waals surface area contributed by atoms with Gasteiger partial charge in [0.1, 0.15) is 0 Å². The van der Waals surface area contributed by atoms with Gasteiger partial charge in [-0.2, -0.15) is 0 Å². The first-order valence-corrected chi connectivity index (χ1v) is 7.11. The molecule has 0 aliphatic carbocycles. The lowest BCUT2D eigenvalue weighted by Gasteiger charge is -2.24. The van der Waals surface area contributed by atoms with Crippen molar-refractivity contribution < 1.29 is 9.53 Å². The molecule has 1 amide bonds. The van der Waals surface area contributed by atoms with Crippen LogP contribution in [0.5, 0.6) is 5.75 Å². The van der Waals surface area contributed by atoms with Crippen molar-refractivity contribution >= 4 is 39.1 Å². The zero-order valence-corrected chi connectivity index (χ0v) is 13.8. The Morgan fingerprint density at radius 1 is 1.47 bits per heavy atom. The second kappa shape index (κ2) is 6.59. The van der Waals surface area contributed by atoms with Gasteiger partial charge in [0.25, 0.3) is 0 Å². The molecule has 0 heterocycles. The zero-order chi connectivity index (χ0) is 14.6. The molecule has 4 nitrogen and oxygen atoms in total. The van der Waals surface area contributed by atoms with Gasteiger partial charge in [-0.3, -0.25) is 4.79 Å². The van der Waals surface area contributed by atoms with Gasteiger partial charge in [0, 0.05) is 5.02 Å². The van der Waals surface area contributed by atoms with E-state index in [0.29, 0.717) is 27.5 Å². The molecule has 0 aliphatic rings. The van der Waals surface area contributed by atoms with Gasteiger partial charge in [0.2, 0.25) is 5.91 Å². The molecular formula is C13H18BrClN2O2. The highest BCUT2D eigenvalue weighted by molar-refractivity contribution is 9.10. The number of likely N-dealkylation sites (N-methyl/N-ethyl adjacent to an activating group) is 1. The van der Waals surface area contributed by atoms with E-state index in [1.165, 1.54) is 0 Å². The first kappa shape index (κ1) is 16.3. The van der Waals surface area contributed by atoms with E-state index in [-0.39, 0.29) is 5.91 Å². The molecule has 1 rings (SSSR count). The van der Waals surface area contributed by atoms with E-state index in [1.807, 2.05) is 6.92 Å². The van der Waals surface area contributed by atoms with Crippen LogP contribution in [0.4, 0.5) is 5.69 Å². The van der Waals surface area contributed by atoms with Crippen molar-refractivity contribution in [3.05, 3.63) is 21.6 Å². The van der Waals surface area contributed by atoms with Crippen LogP contribution in [0.15, 0.2) is 16.6 Å². The van der Waals surface area contributed by atoms with Crippen LogP contribution >= 0.6 is 27.5 Å². The number of hydrogen-bond donors (Lipinski definition) is 2. The van der Waals surface area contributed by atoms with Crippen molar-refractivity contribution in [3.63, 3.8) is 0 Å². The SMILES string of the molecule is CCOc1c(Br)cc(Cl)cc1NC(=O)C(C)(C)NC. The fourth-order valence-electron chi connectivity index (χ4n) is 1.34. The highest BCUT2D eigenvalue weighted by atomic mass is 79.9. The van der Waals surface area contributed by atoms with Crippen molar-refractivity contribution in [2.45, 2.75) is 26.3 Å². The van der Waals surface area contributed by atoms with Crippen LogP contribution in [-0.2, 0) is 4.79 Å². The number of ether oxygens (including phenoxy) is 1. The Morgan fingerprint density at radius 3 is 2.63 bits per heavy atom. The molecule has 1 aromatic rings. The molecule has 0 fully saturated rings. The van der Waals surface area contributed by atoms with Crippen LogP contribution in [0.2, 0.25) is 5.02 Å². The molecule has 1 aromatic carbocycles. The summed E-state index contributed by atoms with van der Waals surface area (Å²) >= 11 is 9.38. The lowest BCUT2D eigenvalue weighted by Crippen LogP contribution is -2.47. The summed E-state index contributed by atoms with van der Waals surface area (Å²) in [5.41, 5.74) is -0.132. The monoisotopic (exact) mass is 348 g/mol. The molecule has 0 radical (unpaired) electrons. The van der Waals surface area contributed by atoms with E-state index in [0.717, 1.165) is 0 Å². The molecule has 0 saturated heterocycles. The molecular weight excluding hydrogens is 332 g/mol. The Morgan fingerprint density at radius 2 is 2.11 bits per heavy atom. The molecule has 0 atom stereocenters. The third kappa shape index (κ3) is 4.09. The van der Waals surface area contributed by atoms with Gasteiger partial charge in [-0.1, -0.05) is 11.6 Å². The smallest absolute Gasteiger partial charge is 0.244 e. The van der Waals surface area contributed by atoms with Crippen LogP contribution in [-0.4, -0.2) is 25.1 Å². The Balaban J connectivity index is 3.09. The first-order valence-electron chi connectivity index (χ1n) is 5.94. The summed E-state index contributed by atoms with van der Waals surface area (Å²) < 4.78 is 6.24. The lowest BCUT2D eigenvalue weighted by atomic mass is 10.1. The zero-order valence-electron chi connectivity index (χ0n) is 11.4. The Bertz CT molecular complexity index is 478. The van der Waals surface area contributed by atoms with E-state index in [9.17, 15) is 4.79 Å². The third-order valence-corrected chi connectivity index (χ3v) is 3.55. The highest BCUT2D eigenvalue weighted by Crippen LogP contribution is 2.36. The van der Waals surface area contributed by atoms with Crippen LogP contribution < -0.4 is 15.4 Å². The maximum absolute atomic E-state index is 12.2. The summed E-state index contributed by atoms with van der Waals surface area (Å²) in [7, 11) is 1.73. The van der Waals surface area contributed by atoms with Gasteiger partial charge in [-0.05, 0) is 55.9 Å². The van der Waals surface area contributed by atoms with Crippen LogP contribution in [0.25, 0.3) is 0 Å². The minimum Gasteiger partial charge on any atom is -0.491 e. The fourth-order valence-corrected chi connectivity index (χ4v) is 2.26. The predicted molar refractivity (Wildman–Crippen MR) is 82.1 cm³/mol. The number of rotatable bonds is 5. The number of nitrogens with one attached hydrogen (secondary N) is 2. The number of benzene rings is 1. The number of halogens is 2. The van der Waals surface area contributed by atoms with Crippen LogP contribution in [0.1, 0.15) is 20.8 Å². The quantitative estimate of drug-likeness (QED) is 0.856. The average Bonchev–Trinajstić information content (AvgIpc) is 2.33. The number of carbonyl (C=O) groups is 1. The molecule has 0 saturated carbocycles. The highest BCUT2D eigenvalue weighted by Gasteiger charge is 2.26. The molecule has 6 heteroatoms. The van der Waals surface area contributed by atoms with Crippen molar-refractivity contribution in [3.8, 4) is 5.75 Å². The molecule has 0 spiro atoms. The second-order valence-electron chi connectivity index (χ2n) is 4.53. The van der Waals surface area contributed by atoms with Gasteiger partial charge in [0.05, 0.1) is 22.3 Å². The average molecular weight is 350 g/mol. The molecule has 19 heavy (non-hydrogen) atoms. The Hall–Kier alpha value is -0.780. The summed E-state index contributed by atoms with van der Waals surface area (Å²) in [6, 6.07) is 3.40. The third-order valence-electron chi connectivity index (χ3n) is 2.74. The van der Waals surface area contributed by atoms with Gasteiger partial charge < -0.3 is 15.4 Å². The van der Waals surface area contributed by atoms with E-state index in [4.69, 9.17) is 16.3 Å². The van der Waals surface area contributed by atoms with Gasteiger partial charge in [-0.25, -0.2) is 0 Å². The maximum Gasteiger partial charge on any atom is 0.244 e. The van der Waals surface area contributed by atoms with Crippen molar-refractivity contribution in [1.29, 1.82) is 0 Å². The van der Waals surface area contributed by atoms with Gasteiger partial charge in [0.15, 0.2) is 5.75 Å². The fraction of sp³-hybridized carbons (Fsp3) is 0.462. The van der Waals surface area contributed by atoms with Crippen LogP contribution in [0, 0.1) is 0 Å². The molecule has 106 valence electrons. The van der Waals surface area contributed by atoms with Gasteiger partial charge in [-0.15, -0.1) is 0 Å². The van der Waals surface area contributed by atoms with E-state index < -0.39 is 5.54 Å². The topological polar surface area (TPSA) is 50.4 Å². The number of carbonyl (C=O) groups excluding carboxylic acids is 1. The molecule has 0 aromatic heterocycles. The number of hydrogen-bond acceptors (Lipinski definition) is 3. The van der Waals surface area contributed by atoms with Gasteiger partial charge >= 0.3 is 0 Å². The molecule has 0 aliphatic heterocycles. The summed E-state index contributed by atoms with van der Waals surface area (Å²) in [5.74, 6) is 0.414. The minimum absolute atomic E-state index is 0.162. The summed E-state index contributed by atoms with van der Waals surface area (Å²) in [5, 5.41) is 6.29. The van der Waals surface area contributed by atoms with E-state index in [1.54, 1.807) is 33.0 Å². The minimum atomic E-state index is -0.682. The first-order chi connectivity index (χ1) is 8.81. The summed E-state index contributed by atoms with van der Waals surface area (Å²) in [6.07, 6.45) is 0. The Labute approximate surface area is 127 Å². The van der Waals surface area contributed by atoms with Crippen molar-refractivity contribution in [2.75, 3.05) is 19.0 Å². The number of anilines is 1. The molecule has 2 N–H and O–H groups in total. The largest absolute Gasteiger partial charge is 0.491 e. The Kier molecular flexibility index (Phi) is 5.64.